The second-order valence-corrected chi connectivity index (χ2v) is 6.90. The number of likely N-dealkylation sites (tertiary alicyclic amines) is 1. The Morgan fingerprint density at radius 2 is 1.75 bits per heavy atom. The SMILES string of the molecule is O=C(NC1CCN(Cc2ccccc2)CC1)c1cccc(Cl)c1Cl. The molecule has 0 aromatic heterocycles. The number of halogens is 2. The standard InChI is InChI=1S/C19H20Cl2N2O/c20-17-8-4-7-16(18(17)21)19(24)22-15-9-11-23(12-10-15)13-14-5-2-1-3-6-14/h1-8,15H,9-13H2,(H,22,24). The summed E-state index contributed by atoms with van der Waals surface area (Å²) in [5.74, 6) is -0.149. The van der Waals surface area contributed by atoms with Crippen LogP contribution in [0.4, 0.5) is 0 Å². The van der Waals surface area contributed by atoms with Gasteiger partial charge in [0.2, 0.25) is 0 Å². The summed E-state index contributed by atoms with van der Waals surface area (Å²) in [6.45, 7) is 2.91. The molecule has 0 spiro atoms. The lowest BCUT2D eigenvalue weighted by Crippen LogP contribution is -2.44. The van der Waals surface area contributed by atoms with Crippen LogP contribution >= 0.6 is 23.2 Å². The Balaban J connectivity index is 1.52. The average Bonchev–Trinajstić information content (AvgIpc) is 2.60. The molecule has 0 radical (unpaired) electrons. The van der Waals surface area contributed by atoms with Crippen molar-refractivity contribution in [2.45, 2.75) is 25.4 Å². The molecule has 1 saturated heterocycles. The predicted octanol–water partition coefficient (Wildman–Crippen LogP) is 4.39. The van der Waals surface area contributed by atoms with Crippen molar-refractivity contribution in [2.75, 3.05) is 13.1 Å². The molecule has 1 aliphatic rings. The van der Waals surface area contributed by atoms with Gasteiger partial charge in [0.05, 0.1) is 15.6 Å². The minimum atomic E-state index is -0.149. The van der Waals surface area contributed by atoms with Gasteiger partial charge in [-0.2, -0.15) is 0 Å². The Bertz CT molecular complexity index is 698. The summed E-state index contributed by atoms with van der Waals surface area (Å²) < 4.78 is 0. The first kappa shape index (κ1) is 17.3. The Labute approximate surface area is 152 Å². The maximum atomic E-state index is 12.4. The number of carbonyl (C=O) groups excluding carboxylic acids is 1. The summed E-state index contributed by atoms with van der Waals surface area (Å²) in [5.41, 5.74) is 1.77. The molecule has 1 heterocycles. The molecule has 3 nitrogen and oxygen atoms in total. The highest BCUT2D eigenvalue weighted by Gasteiger charge is 2.22. The highest BCUT2D eigenvalue weighted by molar-refractivity contribution is 6.43. The van der Waals surface area contributed by atoms with Crippen molar-refractivity contribution in [3.05, 3.63) is 69.7 Å². The van der Waals surface area contributed by atoms with Gasteiger partial charge in [-0.15, -0.1) is 0 Å². The van der Waals surface area contributed by atoms with Crippen LogP contribution in [0.1, 0.15) is 28.8 Å². The predicted molar refractivity (Wildman–Crippen MR) is 98.7 cm³/mol. The Morgan fingerprint density at radius 3 is 2.46 bits per heavy atom. The Morgan fingerprint density at radius 1 is 1.04 bits per heavy atom. The number of piperidine rings is 1. The first-order valence-corrected chi connectivity index (χ1v) is 8.90. The summed E-state index contributed by atoms with van der Waals surface area (Å²) in [5, 5.41) is 3.80. The normalized spacial score (nSPS) is 16.1. The minimum Gasteiger partial charge on any atom is -0.349 e. The highest BCUT2D eigenvalue weighted by Crippen LogP contribution is 2.25. The smallest absolute Gasteiger partial charge is 0.253 e. The van der Waals surface area contributed by atoms with Crippen LogP contribution in [0, 0.1) is 0 Å². The second kappa shape index (κ2) is 8.02. The molecule has 3 rings (SSSR count). The van der Waals surface area contributed by atoms with Gasteiger partial charge < -0.3 is 5.32 Å². The number of rotatable bonds is 4. The van der Waals surface area contributed by atoms with Gasteiger partial charge in [-0.25, -0.2) is 0 Å². The maximum absolute atomic E-state index is 12.4. The summed E-state index contributed by atoms with van der Waals surface area (Å²) in [6.07, 6.45) is 1.88. The third kappa shape index (κ3) is 4.29. The quantitative estimate of drug-likeness (QED) is 0.874. The molecule has 1 N–H and O–H groups in total. The largest absolute Gasteiger partial charge is 0.349 e. The van der Waals surface area contributed by atoms with E-state index in [9.17, 15) is 4.79 Å². The molecular formula is C19H20Cl2N2O. The third-order valence-electron chi connectivity index (χ3n) is 4.37. The highest BCUT2D eigenvalue weighted by atomic mass is 35.5. The fraction of sp³-hybridized carbons (Fsp3) is 0.316. The van der Waals surface area contributed by atoms with E-state index in [1.165, 1.54) is 5.56 Å². The van der Waals surface area contributed by atoms with Crippen molar-refractivity contribution in [1.29, 1.82) is 0 Å². The number of benzene rings is 2. The van der Waals surface area contributed by atoms with Crippen LogP contribution in [-0.2, 0) is 6.54 Å². The molecule has 24 heavy (non-hydrogen) atoms. The van der Waals surface area contributed by atoms with Crippen molar-refractivity contribution >= 4 is 29.1 Å². The number of hydrogen-bond acceptors (Lipinski definition) is 2. The topological polar surface area (TPSA) is 32.3 Å². The molecule has 1 amide bonds. The molecule has 0 unspecified atom stereocenters. The van der Waals surface area contributed by atoms with Gasteiger partial charge in [0.25, 0.3) is 5.91 Å². The Kier molecular flexibility index (Phi) is 5.77. The van der Waals surface area contributed by atoms with Gasteiger partial charge in [0.1, 0.15) is 0 Å². The van der Waals surface area contributed by atoms with Gasteiger partial charge in [-0.1, -0.05) is 59.6 Å². The van der Waals surface area contributed by atoms with Gasteiger partial charge in [-0.05, 0) is 30.5 Å². The number of nitrogens with one attached hydrogen (secondary N) is 1. The summed E-state index contributed by atoms with van der Waals surface area (Å²) in [7, 11) is 0. The molecule has 2 aromatic rings. The van der Waals surface area contributed by atoms with Gasteiger partial charge >= 0.3 is 0 Å². The van der Waals surface area contributed by atoms with Crippen molar-refractivity contribution in [1.82, 2.24) is 10.2 Å². The molecule has 0 aliphatic carbocycles. The molecule has 0 saturated carbocycles. The van der Waals surface area contributed by atoms with Crippen molar-refractivity contribution in [2.24, 2.45) is 0 Å². The van der Waals surface area contributed by atoms with E-state index < -0.39 is 0 Å². The lowest BCUT2D eigenvalue weighted by Gasteiger charge is -2.32. The van der Waals surface area contributed by atoms with E-state index in [1.807, 2.05) is 6.07 Å². The zero-order valence-corrected chi connectivity index (χ0v) is 14.9. The van der Waals surface area contributed by atoms with E-state index in [0.717, 1.165) is 32.5 Å². The van der Waals surface area contributed by atoms with Crippen molar-refractivity contribution in [3.63, 3.8) is 0 Å². The minimum absolute atomic E-state index is 0.149. The summed E-state index contributed by atoms with van der Waals surface area (Å²) >= 11 is 12.1. The van der Waals surface area contributed by atoms with Crippen LogP contribution < -0.4 is 5.32 Å². The average molecular weight is 363 g/mol. The van der Waals surface area contributed by atoms with Crippen LogP contribution in [0.2, 0.25) is 10.0 Å². The molecule has 126 valence electrons. The molecule has 2 aromatic carbocycles. The van der Waals surface area contributed by atoms with E-state index in [2.05, 4.69) is 34.5 Å². The maximum Gasteiger partial charge on any atom is 0.253 e. The lowest BCUT2D eigenvalue weighted by atomic mass is 10.0. The van der Waals surface area contributed by atoms with Crippen LogP contribution in [0.25, 0.3) is 0 Å². The van der Waals surface area contributed by atoms with Gasteiger partial charge in [-0.3, -0.25) is 9.69 Å². The Hall–Kier alpha value is -1.55. The lowest BCUT2D eigenvalue weighted by molar-refractivity contribution is 0.0909. The van der Waals surface area contributed by atoms with E-state index in [-0.39, 0.29) is 11.9 Å². The molecule has 5 heteroatoms. The van der Waals surface area contributed by atoms with E-state index in [0.29, 0.717) is 15.6 Å². The fourth-order valence-corrected chi connectivity index (χ4v) is 3.41. The first-order chi connectivity index (χ1) is 11.6. The fourth-order valence-electron chi connectivity index (χ4n) is 3.02. The molecule has 0 atom stereocenters. The van der Waals surface area contributed by atoms with E-state index in [4.69, 9.17) is 23.2 Å². The summed E-state index contributed by atoms with van der Waals surface area (Å²) in [4.78, 5) is 14.8. The zero-order chi connectivity index (χ0) is 16.9. The molecular weight excluding hydrogens is 343 g/mol. The van der Waals surface area contributed by atoms with Crippen molar-refractivity contribution < 1.29 is 4.79 Å². The van der Waals surface area contributed by atoms with Crippen LogP contribution in [-0.4, -0.2) is 29.9 Å². The van der Waals surface area contributed by atoms with Crippen molar-refractivity contribution in [3.8, 4) is 0 Å². The first-order valence-electron chi connectivity index (χ1n) is 8.14. The van der Waals surface area contributed by atoms with Crippen LogP contribution in [0.5, 0.6) is 0 Å². The number of nitrogens with zero attached hydrogens (tertiary/aromatic N) is 1. The number of amides is 1. The molecule has 0 bridgehead atoms. The van der Waals surface area contributed by atoms with Crippen LogP contribution in [0.3, 0.4) is 0 Å². The van der Waals surface area contributed by atoms with Gasteiger partial charge in [0.15, 0.2) is 0 Å². The monoisotopic (exact) mass is 362 g/mol. The van der Waals surface area contributed by atoms with E-state index >= 15 is 0 Å². The van der Waals surface area contributed by atoms with Crippen LogP contribution in [0.15, 0.2) is 48.5 Å². The molecule has 1 fully saturated rings. The zero-order valence-electron chi connectivity index (χ0n) is 13.3. The number of hydrogen-bond donors (Lipinski definition) is 1. The third-order valence-corrected chi connectivity index (χ3v) is 5.19. The summed E-state index contributed by atoms with van der Waals surface area (Å²) in [6, 6.07) is 15.8. The number of carbonyl (C=O) groups is 1. The second-order valence-electron chi connectivity index (χ2n) is 6.11. The molecule has 1 aliphatic heterocycles. The van der Waals surface area contributed by atoms with E-state index in [1.54, 1.807) is 18.2 Å². The van der Waals surface area contributed by atoms with Gasteiger partial charge in [0, 0.05) is 25.7 Å².